The standard InChI is InChI=1S/C13H7Br2FN4O/c14-7-1-2-10(9(16)3-7)18-13(21)11-4-12-17-5-8(15)6-20(12)19-11/h1-6H,(H,18,21). The Kier molecular flexibility index (Phi) is 3.73. The average molecular weight is 414 g/mol. The zero-order chi connectivity index (χ0) is 15.0. The summed E-state index contributed by atoms with van der Waals surface area (Å²) >= 11 is 6.43. The maximum atomic E-state index is 13.7. The van der Waals surface area contributed by atoms with Crippen molar-refractivity contribution in [1.29, 1.82) is 0 Å². The number of rotatable bonds is 2. The van der Waals surface area contributed by atoms with E-state index in [0.29, 0.717) is 10.1 Å². The molecule has 0 fully saturated rings. The minimum Gasteiger partial charge on any atom is -0.318 e. The topological polar surface area (TPSA) is 59.3 Å². The summed E-state index contributed by atoms with van der Waals surface area (Å²) in [5, 5.41) is 6.58. The number of hydrogen-bond donors (Lipinski definition) is 1. The van der Waals surface area contributed by atoms with Crippen LogP contribution in [0.2, 0.25) is 0 Å². The van der Waals surface area contributed by atoms with Crippen LogP contribution in [0.3, 0.4) is 0 Å². The second-order valence-electron chi connectivity index (χ2n) is 4.18. The Morgan fingerprint density at radius 3 is 2.81 bits per heavy atom. The zero-order valence-corrected chi connectivity index (χ0v) is 13.5. The Bertz CT molecular complexity index is 849. The fourth-order valence-electron chi connectivity index (χ4n) is 1.74. The summed E-state index contributed by atoms with van der Waals surface area (Å²) < 4.78 is 16.5. The summed E-state index contributed by atoms with van der Waals surface area (Å²) in [6.45, 7) is 0. The average Bonchev–Trinajstić information content (AvgIpc) is 2.85. The Hall–Kier alpha value is -1.80. The van der Waals surface area contributed by atoms with Crippen molar-refractivity contribution < 1.29 is 9.18 Å². The second kappa shape index (κ2) is 5.53. The lowest BCUT2D eigenvalue weighted by atomic mass is 10.3. The minimum absolute atomic E-state index is 0.0920. The van der Waals surface area contributed by atoms with Crippen LogP contribution >= 0.6 is 31.9 Å². The molecular weight excluding hydrogens is 407 g/mol. The molecule has 0 aliphatic heterocycles. The van der Waals surface area contributed by atoms with E-state index in [1.54, 1.807) is 18.5 Å². The van der Waals surface area contributed by atoms with Crippen LogP contribution in [0.25, 0.3) is 5.65 Å². The van der Waals surface area contributed by atoms with E-state index in [2.05, 4.69) is 47.3 Å². The molecule has 2 heterocycles. The van der Waals surface area contributed by atoms with Crippen molar-refractivity contribution in [3.8, 4) is 0 Å². The number of carbonyl (C=O) groups excluding carboxylic acids is 1. The number of amides is 1. The zero-order valence-electron chi connectivity index (χ0n) is 10.3. The maximum Gasteiger partial charge on any atom is 0.276 e. The largest absolute Gasteiger partial charge is 0.318 e. The van der Waals surface area contributed by atoms with Gasteiger partial charge in [0.25, 0.3) is 5.91 Å². The molecule has 5 nitrogen and oxygen atoms in total. The van der Waals surface area contributed by atoms with Crippen LogP contribution in [0.4, 0.5) is 10.1 Å². The molecule has 0 aliphatic rings. The Morgan fingerprint density at radius 2 is 2.05 bits per heavy atom. The van der Waals surface area contributed by atoms with Crippen LogP contribution in [-0.4, -0.2) is 20.5 Å². The summed E-state index contributed by atoms with van der Waals surface area (Å²) in [6.07, 6.45) is 3.28. The molecule has 0 atom stereocenters. The third-order valence-corrected chi connectivity index (χ3v) is 3.60. The highest BCUT2D eigenvalue weighted by molar-refractivity contribution is 9.10. The molecule has 0 bridgehead atoms. The fraction of sp³-hybridized carbons (Fsp3) is 0. The van der Waals surface area contributed by atoms with Gasteiger partial charge in [-0.3, -0.25) is 4.79 Å². The number of nitrogens with zero attached hydrogens (tertiary/aromatic N) is 3. The lowest BCUT2D eigenvalue weighted by Gasteiger charge is -2.04. The van der Waals surface area contributed by atoms with Gasteiger partial charge in [0.2, 0.25) is 0 Å². The van der Waals surface area contributed by atoms with Gasteiger partial charge in [-0.25, -0.2) is 13.9 Å². The SMILES string of the molecule is O=C(Nc1ccc(Br)cc1F)c1cc2ncc(Br)cn2n1. The van der Waals surface area contributed by atoms with E-state index in [9.17, 15) is 9.18 Å². The molecular formula is C13H7Br2FN4O. The molecule has 2 aromatic heterocycles. The van der Waals surface area contributed by atoms with Crippen LogP contribution in [0, 0.1) is 5.82 Å². The molecule has 0 aliphatic carbocycles. The molecule has 1 N–H and O–H groups in total. The number of aromatic nitrogens is 3. The van der Waals surface area contributed by atoms with Crippen LogP contribution in [0.15, 0.2) is 45.6 Å². The lowest BCUT2D eigenvalue weighted by molar-refractivity contribution is 0.102. The van der Waals surface area contributed by atoms with Gasteiger partial charge >= 0.3 is 0 Å². The number of halogens is 3. The number of nitrogens with one attached hydrogen (secondary N) is 1. The van der Waals surface area contributed by atoms with Gasteiger partial charge in [0.05, 0.1) is 10.2 Å². The molecule has 0 radical (unpaired) electrons. The molecule has 106 valence electrons. The van der Waals surface area contributed by atoms with E-state index in [0.717, 1.165) is 4.47 Å². The van der Waals surface area contributed by atoms with Gasteiger partial charge in [-0.15, -0.1) is 0 Å². The third kappa shape index (κ3) is 2.96. The summed E-state index contributed by atoms with van der Waals surface area (Å²) in [5.74, 6) is -1.03. The molecule has 0 saturated carbocycles. The van der Waals surface area contributed by atoms with Gasteiger partial charge in [0.15, 0.2) is 11.3 Å². The van der Waals surface area contributed by atoms with E-state index in [-0.39, 0.29) is 11.4 Å². The Balaban J connectivity index is 1.89. The normalized spacial score (nSPS) is 10.8. The first-order valence-electron chi connectivity index (χ1n) is 5.80. The van der Waals surface area contributed by atoms with Gasteiger partial charge < -0.3 is 5.32 Å². The molecule has 0 saturated heterocycles. The third-order valence-electron chi connectivity index (χ3n) is 2.69. The Labute approximate surface area is 135 Å². The van der Waals surface area contributed by atoms with Crippen molar-refractivity contribution >= 4 is 49.1 Å². The summed E-state index contributed by atoms with van der Waals surface area (Å²) in [7, 11) is 0. The minimum atomic E-state index is -0.526. The van der Waals surface area contributed by atoms with Gasteiger partial charge in [-0.1, -0.05) is 15.9 Å². The first-order chi connectivity index (χ1) is 10.0. The molecule has 0 unspecified atom stereocenters. The smallest absolute Gasteiger partial charge is 0.276 e. The van der Waals surface area contributed by atoms with Crippen LogP contribution in [-0.2, 0) is 0 Å². The number of benzene rings is 1. The molecule has 3 rings (SSSR count). The van der Waals surface area contributed by atoms with Crippen molar-refractivity contribution in [2.75, 3.05) is 5.32 Å². The van der Waals surface area contributed by atoms with E-state index < -0.39 is 11.7 Å². The van der Waals surface area contributed by atoms with Crippen LogP contribution in [0.1, 0.15) is 10.5 Å². The predicted octanol–water partition coefficient (Wildman–Crippen LogP) is 3.65. The van der Waals surface area contributed by atoms with Crippen LogP contribution < -0.4 is 5.32 Å². The van der Waals surface area contributed by atoms with Gasteiger partial charge in [-0.05, 0) is 34.1 Å². The van der Waals surface area contributed by atoms with Crippen molar-refractivity contribution in [2.24, 2.45) is 0 Å². The van der Waals surface area contributed by atoms with Gasteiger partial charge in [-0.2, -0.15) is 5.10 Å². The highest BCUT2D eigenvalue weighted by atomic mass is 79.9. The number of fused-ring (bicyclic) bond motifs is 1. The highest BCUT2D eigenvalue weighted by Gasteiger charge is 2.14. The first kappa shape index (κ1) is 14.2. The first-order valence-corrected chi connectivity index (χ1v) is 7.39. The van der Waals surface area contributed by atoms with Crippen molar-refractivity contribution in [3.63, 3.8) is 0 Å². The highest BCUT2D eigenvalue weighted by Crippen LogP contribution is 2.20. The van der Waals surface area contributed by atoms with E-state index in [1.165, 1.54) is 22.7 Å². The van der Waals surface area contributed by atoms with E-state index >= 15 is 0 Å². The van der Waals surface area contributed by atoms with E-state index in [1.807, 2.05) is 0 Å². The number of hydrogen-bond acceptors (Lipinski definition) is 3. The number of carbonyl (C=O) groups is 1. The predicted molar refractivity (Wildman–Crippen MR) is 82.7 cm³/mol. The monoisotopic (exact) mass is 412 g/mol. The Morgan fingerprint density at radius 1 is 1.24 bits per heavy atom. The molecule has 1 amide bonds. The number of anilines is 1. The molecule has 8 heteroatoms. The van der Waals surface area contributed by atoms with Gasteiger partial charge in [0, 0.05) is 22.9 Å². The maximum absolute atomic E-state index is 13.7. The molecule has 21 heavy (non-hydrogen) atoms. The van der Waals surface area contributed by atoms with Gasteiger partial charge in [0.1, 0.15) is 5.82 Å². The van der Waals surface area contributed by atoms with Crippen molar-refractivity contribution in [2.45, 2.75) is 0 Å². The van der Waals surface area contributed by atoms with E-state index in [4.69, 9.17) is 0 Å². The molecule has 1 aromatic carbocycles. The van der Waals surface area contributed by atoms with Crippen molar-refractivity contribution in [3.05, 3.63) is 57.1 Å². The molecule has 3 aromatic rings. The summed E-state index contributed by atoms with van der Waals surface area (Å²) in [5.41, 5.74) is 0.775. The lowest BCUT2D eigenvalue weighted by Crippen LogP contribution is -2.13. The fourth-order valence-corrected chi connectivity index (χ4v) is 2.37. The summed E-state index contributed by atoms with van der Waals surface area (Å²) in [4.78, 5) is 16.2. The van der Waals surface area contributed by atoms with Crippen LogP contribution in [0.5, 0.6) is 0 Å². The van der Waals surface area contributed by atoms with Crippen molar-refractivity contribution in [1.82, 2.24) is 14.6 Å². The summed E-state index contributed by atoms with van der Waals surface area (Å²) in [6, 6.07) is 5.92. The second-order valence-corrected chi connectivity index (χ2v) is 6.01. The molecule has 0 spiro atoms. The quantitative estimate of drug-likeness (QED) is 0.697.